The highest BCUT2D eigenvalue weighted by atomic mass is 35.5. The molecule has 0 aromatic heterocycles. The van der Waals surface area contributed by atoms with Crippen LogP contribution in [0.5, 0.6) is 0 Å². The molecule has 1 amide bonds. The lowest BCUT2D eigenvalue weighted by molar-refractivity contribution is -0.127. The van der Waals surface area contributed by atoms with Gasteiger partial charge in [-0.25, -0.2) is 0 Å². The Balaban J connectivity index is 0.00000161. The van der Waals surface area contributed by atoms with Crippen molar-refractivity contribution in [2.24, 2.45) is 23.7 Å². The number of nitrogens with one attached hydrogen (secondary N) is 2. The molecule has 1 heterocycles. The van der Waals surface area contributed by atoms with E-state index in [-0.39, 0.29) is 12.4 Å². The van der Waals surface area contributed by atoms with Crippen molar-refractivity contribution >= 4 is 18.3 Å². The fourth-order valence-corrected chi connectivity index (χ4v) is 4.62. The maximum atomic E-state index is 12.3. The lowest BCUT2D eigenvalue weighted by Crippen LogP contribution is -2.38. The summed E-state index contributed by atoms with van der Waals surface area (Å²) in [6, 6.07) is 0. The Morgan fingerprint density at radius 2 is 1.86 bits per heavy atom. The Morgan fingerprint density at radius 1 is 1.05 bits per heavy atom. The molecular formula is C17H31ClN2O. The van der Waals surface area contributed by atoms with Gasteiger partial charge in [-0.2, -0.15) is 0 Å². The smallest absolute Gasteiger partial charge is 0.223 e. The van der Waals surface area contributed by atoms with Crippen molar-refractivity contribution in [3.8, 4) is 0 Å². The summed E-state index contributed by atoms with van der Waals surface area (Å²) in [5, 5.41) is 6.60. The van der Waals surface area contributed by atoms with Crippen LogP contribution in [0.4, 0.5) is 0 Å². The Morgan fingerprint density at radius 3 is 2.62 bits per heavy atom. The molecule has 1 aliphatic heterocycles. The van der Waals surface area contributed by atoms with Gasteiger partial charge in [0, 0.05) is 12.5 Å². The second-order valence-corrected chi connectivity index (χ2v) is 7.25. The van der Waals surface area contributed by atoms with Gasteiger partial charge < -0.3 is 10.6 Å². The van der Waals surface area contributed by atoms with Crippen molar-refractivity contribution in [2.75, 3.05) is 19.6 Å². The van der Waals surface area contributed by atoms with Gasteiger partial charge in [-0.3, -0.25) is 4.79 Å². The zero-order chi connectivity index (χ0) is 13.8. The number of rotatable bonds is 4. The predicted octanol–water partition coefficient (Wildman–Crippen LogP) is 3.13. The van der Waals surface area contributed by atoms with Crippen LogP contribution in [0.25, 0.3) is 0 Å². The number of hydrogen-bond donors (Lipinski definition) is 2. The highest BCUT2D eigenvalue weighted by molar-refractivity contribution is 5.85. The van der Waals surface area contributed by atoms with Gasteiger partial charge in [0.05, 0.1) is 0 Å². The lowest BCUT2D eigenvalue weighted by Gasteiger charge is -2.38. The summed E-state index contributed by atoms with van der Waals surface area (Å²) in [5.41, 5.74) is 0. The van der Waals surface area contributed by atoms with E-state index in [0.29, 0.717) is 11.8 Å². The molecule has 0 aromatic carbocycles. The Labute approximate surface area is 135 Å². The summed E-state index contributed by atoms with van der Waals surface area (Å²) in [4.78, 5) is 12.3. The van der Waals surface area contributed by atoms with Gasteiger partial charge in [-0.15, -0.1) is 12.4 Å². The van der Waals surface area contributed by atoms with E-state index < -0.39 is 0 Å². The van der Waals surface area contributed by atoms with Crippen molar-refractivity contribution < 1.29 is 4.79 Å². The third kappa shape index (κ3) is 4.59. The van der Waals surface area contributed by atoms with Crippen LogP contribution in [0.1, 0.15) is 57.8 Å². The molecule has 3 aliphatic rings. The first-order valence-corrected chi connectivity index (χ1v) is 8.81. The molecule has 2 N–H and O–H groups in total. The third-order valence-corrected chi connectivity index (χ3v) is 5.92. The Bertz CT molecular complexity index is 331. The second kappa shape index (κ2) is 8.38. The molecule has 2 saturated carbocycles. The van der Waals surface area contributed by atoms with Gasteiger partial charge in [0.2, 0.25) is 5.91 Å². The van der Waals surface area contributed by atoms with Gasteiger partial charge in [-0.05, 0) is 62.9 Å². The molecule has 2 aliphatic carbocycles. The SMILES string of the molecule is Cl.O=C(NCCC1CCNC1)C1CCC2CCCCC2C1. The monoisotopic (exact) mass is 314 g/mol. The van der Waals surface area contributed by atoms with Gasteiger partial charge in [0.1, 0.15) is 0 Å². The second-order valence-electron chi connectivity index (χ2n) is 7.25. The van der Waals surface area contributed by atoms with E-state index in [9.17, 15) is 4.79 Å². The van der Waals surface area contributed by atoms with Crippen LogP contribution >= 0.6 is 12.4 Å². The number of fused-ring (bicyclic) bond motifs is 1. The zero-order valence-corrected chi connectivity index (χ0v) is 13.9. The topological polar surface area (TPSA) is 41.1 Å². The summed E-state index contributed by atoms with van der Waals surface area (Å²) in [7, 11) is 0. The van der Waals surface area contributed by atoms with Crippen molar-refractivity contribution in [1.82, 2.24) is 10.6 Å². The summed E-state index contributed by atoms with van der Waals surface area (Å²) < 4.78 is 0. The zero-order valence-electron chi connectivity index (χ0n) is 13.1. The summed E-state index contributed by atoms with van der Waals surface area (Å²) in [5.74, 6) is 3.24. The average Bonchev–Trinajstić information content (AvgIpc) is 3.00. The van der Waals surface area contributed by atoms with Gasteiger partial charge in [0.15, 0.2) is 0 Å². The third-order valence-electron chi connectivity index (χ3n) is 5.92. The van der Waals surface area contributed by atoms with Gasteiger partial charge >= 0.3 is 0 Å². The molecule has 0 aromatic rings. The first kappa shape index (κ1) is 17.1. The standard InChI is InChI=1S/C17H30N2O.ClH/c20-17(19-10-8-13-7-9-18-12-13)16-6-5-14-3-1-2-4-15(14)11-16;/h13-16,18H,1-12H2,(H,19,20);1H. The van der Waals surface area contributed by atoms with E-state index >= 15 is 0 Å². The highest BCUT2D eigenvalue weighted by Gasteiger charge is 2.34. The van der Waals surface area contributed by atoms with Crippen LogP contribution in [0.3, 0.4) is 0 Å². The first-order valence-electron chi connectivity index (χ1n) is 8.81. The van der Waals surface area contributed by atoms with Gasteiger partial charge in [-0.1, -0.05) is 25.7 Å². The Hall–Kier alpha value is -0.280. The van der Waals surface area contributed by atoms with E-state index in [1.165, 1.54) is 44.9 Å². The number of halogens is 1. The van der Waals surface area contributed by atoms with Crippen molar-refractivity contribution in [1.29, 1.82) is 0 Å². The minimum absolute atomic E-state index is 0. The van der Waals surface area contributed by atoms with E-state index in [4.69, 9.17) is 0 Å². The summed E-state index contributed by atoms with van der Waals surface area (Å²) in [6.07, 6.45) is 11.7. The molecule has 1 saturated heterocycles. The fraction of sp³-hybridized carbons (Fsp3) is 0.941. The van der Waals surface area contributed by atoms with Crippen LogP contribution in [-0.2, 0) is 4.79 Å². The van der Waals surface area contributed by atoms with Crippen LogP contribution in [-0.4, -0.2) is 25.5 Å². The normalized spacial score (nSPS) is 35.6. The average molecular weight is 315 g/mol. The van der Waals surface area contributed by atoms with Crippen LogP contribution < -0.4 is 10.6 Å². The van der Waals surface area contributed by atoms with Crippen LogP contribution in [0, 0.1) is 23.7 Å². The number of carbonyl (C=O) groups is 1. The molecule has 4 unspecified atom stereocenters. The maximum absolute atomic E-state index is 12.3. The molecule has 3 rings (SSSR count). The largest absolute Gasteiger partial charge is 0.356 e. The molecular weight excluding hydrogens is 284 g/mol. The molecule has 0 spiro atoms. The fourth-order valence-electron chi connectivity index (χ4n) is 4.62. The quantitative estimate of drug-likeness (QED) is 0.837. The van der Waals surface area contributed by atoms with Crippen molar-refractivity contribution in [3.05, 3.63) is 0 Å². The Kier molecular flexibility index (Phi) is 6.81. The van der Waals surface area contributed by atoms with Gasteiger partial charge in [0.25, 0.3) is 0 Å². The molecule has 21 heavy (non-hydrogen) atoms. The molecule has 3 nitrogen and oxygen atoms in total. The molecule has 4 atom stereocenters. The van der Waals surface area contributed by atoms with Crippen molar-refractivity contribution in [3.63, 3.8) is 0 Å². The molecule has 0 bridgehead atoms. The minimum Gasteiger partial charge on any atom is -0.356 e. The maximum Gasteiger partial charge on any atom is 0.223 e. The van der Waals surface area contributed by atoms with E-state index in [0.717, 1.165) is 50.2 Å². The number of amides is 1. The molecule has 4 heteroatoms. The van der Waals surface area contributed by atoms with E-state index in [1.807, 2.05) is 0 Å². The summed E-state index contributed by atoms with van der Waals surface area (Å²) >= 11 is 0. The molecule has 3 fully saturated rings. The molecule has 0 radical (unpaired) electrons. The predicted molar refractivity (Wildman–Crippen MR) is 88.6 cm³/mol. The van der Waals surface area contributed by atoms with Crippen LogP contribution in [0.2, 0.25) is 0 Å². The van der Waals surface area contributed by atoms with Crippen LogP contribution in [0.15, 0.2) is 0 Å². The van der Waals surface area contributed by atoms with E-state index in [2.05, 4.69) is 10.6 Å². The summed E-state index contributed by atoms with van der Waals surface area (Å²) in [6.45, 7) is 3.18. The first-order chi connectivity index (χ1) is 9.83. The van der Waals surface area contributed by atoms with Crippen molar-refractivity contribution in [2.45, 2.75) is 57.8 Å². The number of carbonyl (C=O) groups excluding carboxylic acids is 1. The lowest BCUT2D eigenvalue weighted by atomic mass is 9.67. The highest BCUT2D eigenvalue weighted by Crippen LogP contribution is 2.42. The molecule has 122 valence electrons. The number of hydrogen-bond acceptors (Lipinski definition) is 2. The minimum atomic E-state index is 0. The van der Waals surface area contributed by atoms with E-state index in [1.54, 1.807) is 0 Å².